The summed E-state index contributed by atoms with van der Waals surface area (Å²) in [5.74, 6) is 3.19. The van der Waals surface area contributed by atoms with E-state index in [1.165, 1.54) is 0 Å². The number of aromatic nitrogens is 2. The summed E-state index contributed by atoms with van der Waals surface area (Å²) in [7, 11) is 3.23. The second kappa shape index (κ2) is 8.76. The molecule has 1 aromatic carbocycles. The first-order valence-corrected chi connectivity index (χ1v) is 7.68. The van der Waals surface area contributed by atoms with Gasteiger partial charge in [0.15, 0.2) is 23.3 Å². The topological polar surface area (TPSA) is 93.8 Å². The molecule has 2 aromatic rings. The van der Waals surface area contributed by atoms with Crippen LogP contribution in [0.3, 0.4) is 0 Å². The van der Waals surface area contributed by atoms with Crippen LogP contribution in [-0.2, 0) is 13.1 Å². The second-order valence-electron chi connectivity index (χ2n) is 4.97. The van der Waals surface area contributed by atoms with E-state index >= 15 is 0 Å². The highest BCUT2D eigenvalue weighted by Gasteiger charge is 2.06. The Morgan fingerprint density at radius 3 is 2.62 bits per heavy atom. The number of nitrogens with one attached hydrogen (secondary N) is 2. The number of aliphatic imine (C=N–C) groups is 1. The number of aryl methyl sites for hydroxylation is 1. The lowest BCUT2D eigenvalue weighted by atomic mass is 10.2. The molecule has 0 bridgehead atoms. The predicted octanol–water partition coefficient (Wildman–Crippen LogP) is 1.65. The third kappa shape index (κ3) is 4.87. The molecule has 24 heavy (non-hydrogen) atoms. The van der Waals surface area contributed by atoms with Gasteiger partial charge in [0.1, 0.15) is 0 Å². The van der Waals surface area contributed by atoms with Crippen molar-refractivity contribution in [3.63, 3.8) is 0 Å². The van der Waals surface area contributed by atoms with Gasteiger partial charge in [-0.3, -0.25) is 0 Å². The molecule has 1 heterocycles. The van der Waals surface area contributed by atoms with Gasteiger partial charge in [-0.2, -0.15) is 4.98 Å². The number of hydrogen-bond donors (Lipinski definition) is 2. The number of methoxy groups -OCH3 is 2. The first kappa shape index (κ1) is 17.6. The number of guanidine groups is 1. The van der Waals surface area contributed by atoms with Crippen LogP contribution in [-0.4, -0.2) is 36.9 Å². The van der Waals surface area contributed by atoms with E-state index in [0.29, 0.717) is 42.3 Å². The van der Waals surface area contributed by atoms with Crippen LogP contribution in [0.2, 0.25) is 0 Å². The highest BCUT2D eigenvalue weighted by atomic mass is 16.5. The smallest absolute Gasteiger partial charge is 0.223 e. The van der Waals surface area contributed by atoms with Crippen molar-refractivity contribution in [1.29, 1.82) is 0 Å². The highest BCUT2D eigenvalue weighted by molar-refractivity contribution is 5.79. The van der Waals surface area contributed by atoms with Gasteiger partial charge in [0.2, 0.25) is 5.89 Å². The fraction of sp³-hybridized carbons (Fsp3) is 0.438. The SMILES string of the molecule is CCNC(=NCc1ccc(OC)c(OC)c1)NCc1noc(C)n1. The van der Waals surface area contributed by atoms with Gasteiger partial charge < -0.3 is 24.6 Å². The third-order valence-corrected chi connectivity index (χ3v) is 3.20. The maximum Gasteiger partial charge on any atom is 0.223 e. The largest absolute Gasteiger partial charge is 0.493 e. The normalized spacial score (nSPS) is 11.2. The van der Waals surface area contributed by atoms with E-state index in [9.17, 15) is 0 Å². The maximum absolute atomic E-state index is 5.31. The summed E-state index contributed by atoms with van der Waals surface area (Å²) in [6, 6.07) is 5.73. The van der Waals surface area contributed by atoms with Crippen molar-refractivity contribution in [2.24, 2.45) is 4.99 Å². The van der Waals surface area contributed by atoms with E-state index in [2.05, 4.69) is 25.8 Å². The van der Waals surface area contributed by atoms with Crippen molar-refractivity contribution in [2.75, 3.05) is 20.8 Å². The van der Waals surface area contributed by atoms with Crippen LogP contribution in [0.15, 0.2) is 27.7 Å². The van der Waals surface area contributed by atoms with Crippen molar-refractivity contribution >= 4 is 5.96 Å². The van der Waals surface area contributed by atoms with Crippen LogP contribution in [0.5, 0.6) is 11.5 Å². The molecule has 1 aromatic heterocycles. The number of hydrogen-bond acceptors (Lipinski definition) is 6. The number of benzene rings is 1. The molecule has 0 saturated heterocycles. The monoisotopic (exact) mass is 333 g/mol. The summed E-state index contributed by atoms with van der Waals surface area (Å²) in [4.78, 5) is 8.70. The number of rotatable bonds is 7. The summed E-state index contributed by atoms with van der Waals surface area (Å²) in [6.07, 6.45) is 0. The minimum atomic E-state index is 0.440. The molecule has 0 amide bonds. The first-order chi connectivity index (χ1) is 11.7. The molecule has 8 nitrogen and oxygen atoms in total. The quantitative estimate of drug-likeness (QED) is 0.588. The molecule has 0 fully saturated rings. The molecule has 0 atom stereocenters. The zero-order chi connectivity index (χ0) is 17.4. The van der Waals surface area contributed by atoms with Crippen molar-refractivity contribution in [3.05, 3.63) is 35.5 Å². The van der Waals surface area contributed by atoms with Crippen LogP contribution in [0.4, 0.5) is 0 Å². The highest BCUT2D eigenvalue weighted by Crippen LogP contribution is 2.27. The minimum Gasteiger partial charge on any atom is -0.493 e. The Labute approximate surface area is 141 Å². The van der Waals surface area contributed by atoms with Gasteiger partial charge in [0, 0.05) is 13.5 Å². The molecule has 0 aliphatic rings. The summed E-state index contributed by atoms with van der Waals surface area (Å²) >= 11 is 0. The standard InChI is InChI=1S/C16H23N5O3/c1-5-17-16(19-10-15-20-11(2)24-21-15)18-9-12-6-7-13(22-3)14(8-12)23-4/h6-8H,5,9-10H2,1-4H3,(H2,17,18,19). The van der Waals surface area contributed by atoms with Gasteiger partial charge in [-0.25, -0.2) is 4.99 Å². The molecule has 0 radical (unpaired) electrons. The van der Waals surface area contributed by atoms with Gasteiger partial charge in [-0.15, -0.1) is 0 Å². The van der Waals surface area contributed by atoms with Crippen LogP contribution in [0.25, 0.3) is 0 Å². The lowest BCUT2D eigenvalue weighted by Gasteiger charge is -2.11. The zero-order valence-corrected chi connectivity index (χ0v) is 14.4. The van der Waals surface area contributed by atoms with E-state index in [1.807, 2.05) is 25.1 Å². The first-order valence-electron chi connectivity index (χ1n) is 7.68. The number of nitrogens with zero attached hydrogens (tertiary/aromatic N) is 3. The van der Waals surface area contributed by atoms with E-state index < -0.39 is 0 Å². The molecular formula is C16H23N5O3. The van der Waals surface area contributed by atoms with E-state index in [0.717, 1.165) is 12.1 Å². The number of ether oxygens (including phenoxy) is 2. The molecule has 2 N–H and O–H groups in total. The van der Waals surface area contributed by atoms with Gasteiger partial charge in [0.05, 0.1) is 27.3 Å². The Balaban J connectivity index is 2.02. The molecule has 0 saturated carbocycles. The summed E-state index contributed by atoms with van der Waals surface area (Å²) in [5, 5.41) is 10.2. The van der Waals surface area contributed by atoms with Gasteiger partial charge in [-0.1, -0.05) is 11.2 Å². The minimum absolute atomic E-state index is 0.440. The van der Waals surface area contributed by atoms with Crippen molar-refractivity contribution in [2.45, 2.75) is 26.9 Å². The van der Waals surface area contributed by atoms with E-state index in [1.54, 1.807) is 21.1 Å². The van der Waals surface area contributed by atoms with Crippen LogP contribution < -0.4 is 20.1 Å². The summed E-state index contributed by atoms with van der Waals surface area (Å²) < 4.78 is 15.5. The van der Waals surface area contributed by atoms with Crippen molar-refractivity contribution in [1.82, 2.24) is 20.8 Å². The lowest BCUT2D eigenvalue weighted by molar-refractivity contribution is 0.354. The molecular weight excluding hydrogens is 310 g/mol. The fourth-order valence-electron chi connectivity index (χ4n) is 2.07. The molecule has 2 rings (SSSR count). The molecule has 0 aliphatic heterocycles. The Morgan fingerprint density at radius 1 is 1.21 bits per heavy atom. The molecule has 0 spiro atoms. The van der Waals surface area contributed by atoms with Crippen molar-refractivity contribution < 1.29 is 14.0 Å². The van der Waals surface area contributed by atoms with Gasteiger partial charge >= 0.3 is 0 Å². The molecule has 8 heteroatoms. The summed E-state index contributed by atoms with van der Waals surface area (Å²) in [6.45, 7) is 5.46. The van der Waals surface area contributed by atoms with E-state index in [4.69, 9.17) is 14.0 Å². The zero-order valence-electron chi connectivity index (χ0n) is 14.4. The molecule has 0 aliphatic carbocycles. The van der Waals surface area contributed by atoms with Gasteiger partial charge in [-0.05, 0) is 24.6 Å². The predicted molar refractivity (Wildman–Crippen MR) is 90.2 cm³/mol. The third-order valence-electron chi connectivity index (χ3n) is 3.20. The molecule has 0 unspecified atom stereocenters. The lowest BCUT2D eigenvalue weighted by Crippen LogP contribution is -2.37. The van der Waals surface area contributed by atoms with Crippen LogP contribution >= 0.6 is 0 Å². The molecule has 130 valence electrons. The second-order valence-corrected chi connectivity index (χ2v) is 4.97. The summed E-state index contributed by atoms with van der Waals surface area (Å²) in [5.41, 5.74) is 1.01. The Bertz CT molecular complexity index is 684. The Kier molecular flexibility index (Phi) is 6.41. The average Bonchev–Trinajstić information content (AvgIpc) is 3.02. The van der Waals surface area contributed by atoms with Crippen LogP contribution in [0.1, 0.15) is 24.2 Å². The fourth-order valence-corrected chi connectivity index (χ4v) is 2.07. The van der Waals surface area contributed by atoms with E-state index in [-0.39, 0.29) is 0 Å². The van der Waals surface area contributed by atoms with Crippen LogP contribution in [0, 0.1) is 6.92 Å². The Morgan fingerprint density at radius 2 is 2.00 bits per heavy atom. The Hall–Kier alpha value is -2.77. The van der Waals surface area contributed by atoms with Crippen molar-refractivity contribution in [3.8, 4) is 11.5 Å². The average molecular weight is 333 g/mol. The maximum atomic E-state index is 5.31. The van der Waals surface area contributed by atoms with Gasteiger partial charge in [0.25, 0.3) is 0 Å².